The first-order chi connectivity index (χ1) is 12.7. The van der Waals surface area contributed by atoms with Crippen LogP contribution in [0.2, 0.25) is 5.02 Å². The summed E-state index contributed by atoms with van der Waals surface area (Å²) < 4.78 is 38.4. The Morgan fingerprint density at radius 3 is 2.78 bits per heavy atom. The average molecular weight is 414 g/mol. The number of pyridine rings is 1. The predicted octanol–water partition coefficient (Wildman–Crippen LogP) is 4.47. The van der Waals surface area contributed by atoms with Crippen molar-refractivity contribution in [2.45, 2.75) is 19.1 Å². The summed E-state index contributed by atoms with van der Waals surface area (Å²) in [6, 6.07) is 3.10. The summed E-state index contributed by atoms with van der Waals surface area (Å²) in [5.74, 6) is 0.306. The van der Waals surface area contributed by atoms with Gasteiger partial charge in [-0.25, -0.2) is 9.98 Å². The third-order valence-electron chi connectivity index (χ3n) is 4.00. The Bertz CT molecular complexity index is 930. The van der Waals surface area contributed by atoms with Crippen LogP contribution in [-0.4, -0.2) is 36.9 Å². The molecule has 0 radical (unpaired) electrons. The van der Waals surface area contributed by atoms with Crippen LogP contribution in [-0.2, 0) is 19.1 Å². The van der Waals surface area contributed by atoms with Gasteiger partial charge in [-0.15, -0.1) is 11.3 Å². The van der Waals surface area contributed by atoms with Crippen LogP contribution < -0.4 is 4.90 Å². The van der Waals surface area contributed by atoms with Gasteiger partial charge in [-0.3, -0.25) is 0 Å². The zero-order valence-electron chi connectivity index (χ0n) is 14.5. The molecule has 1 aliphatic rings. The molecule has 2 aromatic heterocycles. The largest absolute Gasteiger partial charge is 0.417 e. The number of fused-ring (bicyclic) bond motifs is 1. The van der Waals surface area contributed by atoms with Crippen LogP contribution in [0.3, 0.4) is 0 Å². The molecule has 0 amide bonds. The summed E-state index contributed by atoms with van der Waals surface area (Å²) in [4.78, 5) is 12.8. The van der Waals surface area contributed by atoms with Crippen LogP contribution in [0.4, 0.5) is 24.0 Å². The molecular formula is C17H15ClF3N5S. The highest BCUT2D eigenvalue weighted by molar-refractivity contribution is 7.16. The standard InChI is InChI=1S/C17H15ClF3N5S/c1-25(2)9-24-16-12(6-22)11-3-4-26(8-14(11)27-16)15-13(18)5-10(7-23-15)17(19,20)21/h5,7,9H,3-4,8H2,1-2H3. The molecule has 0 atom stereocenters. The van der Waals surface area contributed by atoms with E-state index in [0.29, 0.717) is 35.9 Å². The number of nitrogens with zero attached hydrogens (tertiary/aromatic N) is 5. The summed E-state index contributed by atoms with van der Waals surface area (Å²) >= 11 is 7.46. The Morgan fingerprint density at radius 1 is 1.44 bits per heavy atom. The van der Waals surface area contributed by atoms with Crippen molar-refractivity contribution >= 4 is 40.1 Å². The molecule has 142 valence electrons. The molecule has 2 aromatic rings. The van der Waals surface area contributed by atoms with Crippen LogP contribution in [0.5, 0.6) is 0 Å². The third kappa shape index (κ3) is 4.01. The Kier molecular flexibility index (Phi) is 5.31. The van der Waals surface area contributed by atoms with Gasteiger partial charge < -0.3 is 9.80 Å². The van der Waals surface area contributed by atoms with Crippen LogP contribution in [0, 0.1) is 11.3 Å². The van der Waals surface area contributed by atoms with Gasteiger partial charge in [0.25, 0.3) is 0 Å². The van der Waals surface area contributed by atoms with E-state index in [9.17, 15) is 18.4 Å². The molecule has 5 nitrogen and oxygen atoms in total. The first kappa shape index (κ1) is 19.5. The Morgan fingerprint density at radius 2 is 2.19 bits per heavy atom. The smallest absolute Gasteiger partial charge is 0.369 e. The maximum absolute atomic E-state index is 12.8. The highest BCUT2D eigenvalue weighted by Crippen LogP contribution is 2.40. The van der Waals surface area contributed by atoms with Gasteiger partial charge in [-0.1, -0.05) is 11.6 Å². The molecule has 27 heavy (non-hydrogen) atoms. The molecule has 0 saturated heterocycles. The second-order valence-electron chi connectivity index (χ2n) is 6.20. The minimum Gasteiger partial charge on any atom is -0.369 e. The Balaban J connectivity index is 1.90. The van der Waals surface area contributed by atoms with Crippen molar-refractivity contribution in [3.63, 3.8) is 0 Å². The maximum Gasteiger partial charge on any atom is 0.417 e. The van der Waals surface area contributed by atoms with E-state index < -0.39 is 11.7 Å². The number of aromatic nitrogens is 1. The molecular weight excluding hydrogens is 399 g/mol. The molecule has 0 unspecified atom stereocenters. The van der Waals surface area contributed by atoms with Crippen molar-refractivity contribution < 1.29 is 13.2 Å². The van der Waals surface area contributed by atoms with E-state index in [1.54, 1.807) is 11.2 Å². The van der Waals surface area contributed by atoms with Crippen LogP contribution >= 0.6 is 22.9 Å². The summed E-state index contributed by atoms with van der Waals surface area (Å²) in [5, 5.41) is 10.1. The number of halogens is 4. The van der Waals surface area contributed by atoms with Gasteiger partial charge in [0.2, 0.25) is 0 Å². The fourth-order valence-corrected chi connectivity index (χ4v) is 4.20. The Hall–Kier alpha value is -2.31. The molecule has 3 heterocycles. The number of thiophene rings is 1. The molecule has 3 rings (SSSR count). The number of nitriles is 1. The van der Waals surface area contributed by atoms with E-state index in [2.05, 4.69) is 16.0 Å². The van der Waals surface area contributed by atoms with Crippen molar-refractivity contribution in [2.75, 3.05) is 25.5 Å². The molecule has 0 bridgehead atoms. The lowest BCUT2D eigenvalue weighted by Crippen LogP contribution is -2.30. The maximum atomic E-state index is 12.8. The summed E-state index contributed by atoms with van der Waals surface area (Å²) in [6.07, 6.45) is -1.49. The predicted molar refractivity (Wildman–Crippen MR) is 99.9 cm³/mol. The fraction of sp³-hybridized carbons (Fsp3) is 0.353. The zero-order chi connectivity index (χ0) is 19.8. The van der Waals surface area contributed by atoms with Crippen molar-refractivity contribution in [3.8, 4) is 6.07 Å². The lowest BCUT2D eigenvalue weighted by atomic mass is 10.0. The minimum absolute atomic E-state index is 0.0452. The number of rotatable bonds is 3. The molecule has 1 aliphatic heterocycles. The minimum atomic E-state index is -4.49. The molecule has 0 aromatic carbocycles. The van der Waals surface area contributed by atoms with Gasteiger partial charge in [-0.05, 0) is 18.1 Å². The van der Waals surface area contributed by atoms with Gasteiger partial charge in [0.05, 0.1) is 29.0 Å². The van der Waals surface area contributed by atoms with Crippen molar-refractivity contribution in [1.29, 1.82) is 5.26 Å². The average Bonchev–Trinajstić information content (AvgIpc) is 2.95. The normalized spacial score (nSPS) is 14.3. The Labute approximate surface area is 163 Å². The summed E-state index contributed by atoms with van der Waals surface area (Å²) in [7, 11) is 3.67. The topological polar surface area (TPSA) is 55.5 Å². The molecule has 0 N–H and O–H groups in total. The van der Waals surface area contributed by atoms with Gasteiger partial charge >= 0.3 is 6.18 Å². The van der Waals surface area contributed by atoms with Gasteiger partial charge in [-0.2, -0.15) is 18.4 Å². The quantitative estimate of drug-likeness (QED) is 0.550. The second-order valence-corrected chi connectivity index (χ2v) is 7.69. The molecule has 0 saturated carbocycles. The first-order valence-corrected chi connectivity index (χ1v) is 9.13. The van der Waals surface area contributed by atoms with Gasteiger partial charge in [0.1, 0.15) is 16.9 Å². The molecule has 0 spiro atoms. The van der Waals surface area contributed by atoms with E-state index in [4.69, 9.17) is 11.6 Å². The van der Waals surface area contributed by atoms with Gasteiger partial charge in [0, 0.05) is 31.7 Å². The van der Waals surface area contributed by atoms with Crippen LogP contribution in [0.25, 0.3) is 0 Å². The van der Waals surface area contributed by atoms with E-state index in [1.165, 1.54) is 11.3 Å². The number of anilines is 1. The lowest BCUT2D eigenvalue weighted by molar-refractivity contribution is -0.137. The van der Waals surface area contributed by atoms with Crippen LogP contribution in [0.15, 0.2) is 17.3 Å². The molecule has 0 aliphatic carbocycles. The zero-order valence-corrected chi connectivity index (χ0v) is 16.1. The van der Waals surface area contributed by atoms with E-state index in [1.807, 2.05) is 19.0 Å². The highest BCUT2D eigenvalue weighted by Gasteiger charge is 2.33. The number of alkyl halides is 3. The van der Waals surface area contributed by atoms with Gasteiger partial charge in [0.15, 0.2) is 0 Å². The van der Waals surface area contributed by atoms with Crippen molar-refractivity contribution in [2.24, 2.45) is 4.99 Å². The number of hydrogen-bond donors (Lipinski definition) is 0. The second kappa shape index (κ2) is 7.37. The summed E-state index contributed by atoms with van der Waals surface area (Å²) in [5.41, 5.74) is 0.615. The molecule has 0 fully saturated rings. The van der Waals surface area contributed by atoms with Crippen LogP contribution in [0.1, 0.15) is 21.6 Å². The number of aliphatic imine (C=N–C) groups is 1. The van der Waals surface area contributed by atoms with Crippen molar-refractivity contribution in [1.82, 2.24) is 9.88 Å². The van der Waals surface area contributed by atoms with E-state index in [-0.39, 0.29) is 5.02 Å². The SMILES string of the molecule is CN(C)C=Nc1sc2c(c1C#N)CCN(c1ncc(C(F)(F)F)cc1Cl)C2. The van der Waals surface area contributed by atoms with E-state index in [0.717, 1.165) is 22.7 Å². The van der Waals surface area contributed by atoms with E-state index >= 15 is 0 Å². The first-order valence-electron chi connectivity index (χ1n) is 7.93. The summed E-state index contributed by atoms with van der Waals surface area (Å²) in [6.45, 7) is 0.928. The highest BCUT2D eigenvalue weighted by atomic mass is 35.5. The number of hydrogen-bond acceptors (Lipinski definition) is 5. The lowest BCUT2D eigenvalue weighted by Gasteiger charge is -2.28. The fourth-order valence-electron chi connectivity index (χ4n) is 2.76. The van der Waals surface area contributed by atoms with Crippen molar-refractivity contribution in [3.05, 3.63) is 38.9 Å². The third-order valence-corrected chi connectivity index (χ3v) is 5.41. The molecule has 10 heteroatoms. The monoisotopic (exact) mass is 413 g/mol.